The summed E-state index contributed by atoms with van der Waals surface area (Å²) in [5.41, 5.74) is 7.69. The molecule has 0 aliphatic rings. The van der Waals surface area contributed by atoms with Gasteiger partial charge in [-0.3, -0.25) is 0 Å². The highest BCUT2D eigenvalue weighted by atomic mass is 16.5. The van der Waals surface area contributed by atoms with Crippen LogP contribution in [0.15, 0.2) is 85.1 Å². The second-order valence-electron chi connectivity index (χ2n) is 8.93. The third-order valence-corrected chi connectivity index (χ3v) is 6.00. The van der Waals surface area contributed by atoms with E-state index in [0.29, 0.717) is 34.5 Å². The van der Waals surface area contributed by atoms with Gasteiger partial charge in [0.2, 0.25) is 11.8 Å². The fourth-order valence-electron chi connectivity index (χ4n) is 3.99. The molecule has 0 aliphatic heterocycles. The normalized spacial score (nSPS) is 10.3. The highest BCUT2D eigenvalue weighted by molar-refractivity contribution is 5.91. The van der Waals surface area contributed by atoms with Crippen LogP contribution < -0.4 is 25.3 Å². The molecule has 0 spiro atoms. The van der Waals surface area contributed by atoms with Crippen molar-refractivity contribution in [3.63, 3.8) is 0 Å². The summed E-state index contributed by atoms with van der Waals surface area (Å²) in [7, 11) is 2.93. The van der Waals surface area contributed by atoms with Gasteiger partial charge in [0.05, 0.1) is 25.3 Å². The number of fused-ring (bicyclic) bond motifs is 1. The van der Waals surface area contributed by atoms with Crippen molar-refractivity contribution >= 4 is 40.0 Å². The Balaban J connectivity index is 0.000000283. The van der Waals surface area contributed by atoms with Gasteiger partial charge in [-0.2, -0.15) is 4.98 Å². The van der Waals surface area contributed by atoms with Crippen molar-refractivity contribution in [1.82, 2.24) is 9.97 Å². The maximum Gasteiger partial charge on any atom is 0.335 e. The molecular weight excluding hydrogens is 540 g/mol. The first kappa shape index (κ1) is 29.2. The molecule has 11 nitrogen and oxygen atoms in total. The molecule has 0 saturated heterocycles. The minimum atomic E-state index is -1.05. The number of anilines is 3. The van der Waals surface area contributed by atoms with Crippen molar-refractivity contribution in [2.24, 2.45) is 0 Å². The third kappa shape index (κ3) is 7.21. The molecule has 0 amide bonds. The number of nitrogen functional groups attached to an aromatic ring is 1. The summed E-state index contributed by atoms with van der Waals surface area (Å²) >= 11 is 0. The molecule has 0 aliphatic carbocycles. The van der Waals surface area contributed by atoms with E-state index in [1.54, 1.807) is 24.4 Å². The van der Waals surface area contributed by atoms with E-state index < -0.39 is 11.9 Å². The second-order valence-corrected chi connectivity index (χ2v) is 8.93. The number of carboxylic acids is 2. The first-order valence-electron chi connectivity index (χ1n) is 12.5. The molecule has 1 aromatic heterocycles. The van der Waals surface area contributed by atoms with Crippen LogP contribution >= 0.6 is 0 Å². The zero-order valence-corrected chi connectivity index (χ0v) is 23.0. The predicted molar refractivity (Wildman–Crippen MR) is 158 cm³/mol. The van der Waals surface area contributed by atoms with E-state index in [0.717, 1.165) is 16.3 Å². The Morgan fingerprint density at radius 3 is 2.12 bits per heavy atom. The van der Waals surface area contributed by atoms with Crippen LogP contribution in [0.3, 0.4) is 0 Å². The van der Waals surface area contributed by atoms with E-state index in [9.17, 15) is 14.7 Å². The number of aromatic nitrogens is 2. The molecule has 5 rings (SSSR count). The molecule has 0 bridgehead atoms. The molecule has 11 heteroatoms. The van der Waals surface area contributed by atoms with Crippen LogP contribution in [-0.4, -0.2) is 46.3 Å². The summed E-state index contributed by atoms with van der Waals surface area (Å²) in [4.78, 5) is 30.4. The van der Waals surface area contributed by atoms with Crippen LogP contribution in [0.4, 0.5) is 17.3 Å². The molecule has 4 aromatic carbocycles. The third-order valence-electron chi connectivity index (χ3n) is 6.00. The standard InChI is InChI=1S/C23H19N3O4.C8H9NO3/c1-14-7-8-20(19-6-4-3-5-18(14)19)30-21-9-10-24-23(26-21)25-16-11-15(22(27)28)12-17(13-16)29-2;1-12-7-3-5(8(10)11)2-6(9)4-7/h3-13H,1-2H3,(H,27,28)(H,24,25,26);2-4H,9H2,1H3,(H,10,11). The van der Waals surface area contributed by atoms with Gasteiger partial charge in [0.15, 0.2) is 0 Å². The number of carbonyl (C=O) groups is 2. The quantitative estimate of drug-likeness (QED) is 0.158. The number of nitrogens with two attached hydrogens (primary N) is 1. The lowest BCUT2D eigenvalue weighted by atomic mass is 10.1. The van der Waals surface area contributed by atoms with E-state index in [1.807, 2.05) is 36.4 Å². The van der Waals surface area contributed by atoms with Crippen molar-refractivity contribution in [1.29, 1.82) is 0 Å². The molecule has 5 N–H and O–H groups in total. The molecule has 214 valence electrons. The fourth-order valence-corrected chi connectivity index (χ4v) is 3.99. The molecule has 42 heavy (non-hydrogen) atoms. The van der Waals surface area contributed by atoms with Gasteiger partial charge in [0, 0.05) is 41.2 Å². The highest BCUT2D eigenvalue weighted by Crippen LogP contribution is 2.31. The van der Waals surface area contributed by atoms with E-state index in [1.165, 1.54) is 38.5 Å². The van der Waals surface area contributed by atoms with Gasteiger partial charge >= 0.3 is 11.9 Å². The zero-order valence-electron chi connectivity index (χ0n) is 23.0. The average molecular weight is 569 g/mol. The summed E-state index contributed by atoms with van der Waals surface area (Å²) < 4.78 is 16.0. The lowest BCUT2D eigenvalue weighted by molar-refractivity contribution is 0.0686. The molecule has 0 radical (unpaired) electrons. The monoisotopic (exact) mass is 568 g/mol. The van der Waals surface area contributed by atoms with Gasteiger partial charge in [0.25, 0.3) is 0 Å². The van der Waals surface area contributed by atoms with E-state index in [4.69, 9.17) is 25.1 Å². The predicted octanol–water partition coefficient (Wildman–Crippen LogP) is 6.16. The number of nitrogens with zero attached hydrogens (tertiary/aromatic N) is 2. The van der Waals surface area contributed by atoms with Crippen molar-refractivity contribution in [2.75, 3.05) is 25.3 Å². The van der Waals surface area contributed by atoms with Gasteiger partial charge in [-0.05, 0) is 48.2 Å². The number of methoxy groups -OCH3 is 2. The topological polar surface area (TPSA) is 166 Å². The van der Waals surface area contributed by atoms with Crippen LogP contribution in [0.5, 0.6) is 23.1 Å². The molecule has 0 fully saturated rings. The Hall–Kier alpha value is -5.84. The number of aromatic carboxylic acids is 2. The van der Waals surface area contributed by atoms with Gasteiger partial charge in [-0.1, -0.05) is 30.3 Å². The zero-order chi connectivity index (χ0) is 30.2. The molecule has 5 aromatic rings. The first-order valence-corrected chi connectivity index (χ1v) is 12.5. The molecule has 0 atom stereocenters. The Kier molecular flexibility index (Phi) is 9.03. The number of aryl methyl sites for hydroxylation is 1. The lowest BCUT2D eigenvalue weighted by Gasteiger charge is -2.12. The van der Waals surface area contributed by atoms with E-state index in [-0.39, 0.29) is 17.1 Å². The Labute approximate surface area is 241 Å². The van der Waals surface area contributed by atoms with Gasteiger partial charge in [-0.25, -0.2) is 14.6 Å². The second kappa shape index (κ2) is 13.0. The van der Waals surface area contributed by atoms with Crippen molar-refractivity contribution in [3.8, 4) is 23.1 Å². The van der Waals surface area contributed by atoms with Crippen LogP contribution in [0.25, 0.3) is 10.8 Å². The SMILES string of the molecule is COc1cc(N)cc(C(=O)O)c1.COc1cc(Nc2nccc(Oc3ccc(C)c4ccccc34)n2)cc(C(=O)O)c1. The number of carboxylic acid groups (broad SMARTS) is 2. The maximum absolute atomic E-state index is 11.3. The van der Waals surface area contributed by atoms with Gasteiger partial charge in [-0.15, -0.1) is 0 Å². The van der Waals surface area contributed by atoms with E-state index in [2.05, 4.69) is 22.2 Å². The van der Waals surface area contributed by atoms with Crippen LogP contribution in [0, 0.1) is 6.92 Å². The summed E-state index contributed by atoms with van der Waals surface area (Å²) in [6.45, 7) is 2.05. The molecule has 0 unspecified atom stereocenters. The van der Waals surface area contributed by atoms with Crippen LogP contribution in [0.1, 0.15) is 26.3 Å². The van der Waals surface area contributed by atoms with E-state index >= 15 is 0 Å². The number of ether oxygens (including phenoxy) is 3. The number of benzene rings is 4. The minimum absolute atomic E-state index is 0.0929. The molecular formula is C31H28N4O7. The Bertz CT molecular complexity index is 1760. The minimum Gasteiger partial charge on any atom is -0.497 e. The van der Waals surface area contributed by atoms with Crippen LogP contribution in [-0.2, 0) is 0 Å². The summed E-state index contributed by atoms with van der Waals surface area (Å²) in [6.07, 6.45) is 1.57. The molecule has 1 heterocycles. The number of nitrogens with one attached hydrogen (secondary N) is 1. The highest BCUT2D eigenvalue weighted by Gasteiger charge is 2.11. The summed E-state index contributed by atoms with van der Waals surface area (Å²) in [6, 6.07) is 22.5. The number of hydrogen-bond acceptors (Lipinski definition) is 9. The van der Waals surface area contributed by atoms with Crippen LogP contribution in [0.2, 0.25) is 0 Å². The van der Waals surface area contributed by atoms with Crippen molar-refractivity contribution < 1.29 is 34.0 Å². The number of rotatable bonds is 8. The average Bonchev–Trinajstić information content (AvgIpc) is 2.98. The largest absolute Gasteiger partial charge is 0.497 e. The Morgan fingerprint density at radius 1 is 0.810 bits per heavy atom. The van der Waals surface area contributed by atoms with Gasteiger partial charge in [0.1, 0.15) is 17.2 Å². The maximum atomic E-state index is 11.3. The lowest BCUT2D eigenvalue weighted by Crippen LogP contribution is -2.02. The Morgan fingerprint density at radius 2 is 1.45 bits per heavy atom. The fraction of sp³-hybridized carbons (Fsp3) is 0.0968. The van der Waals surface area contributed by atoms with Gasteiger partial charge < -0.3 is 35.5 Å². The first-order chi connectivity index (χ1) is 20.2. The smallest absolute Gasteiger partial charge is 0.335 e. The summed E-state index contributed by atoms with van der Waals surface area (Å²) in [5, 5.41) is 23.0. The number of hydrogen-bond donors (Lipinski definition) is 4. The molecule has 0 saturated carbocycles. The van der Waals surface area contributed by atoms with Crippen molar-refractivity contribution in [3.05, 3.63) is 102 Å². The van der Waals surface area contributed by atoms with Crippen molar-refractivity contribution in [2.45, 2.75) is 6.92 Å². The summed E-state index contributed by atoms with van der Waals surface area (Å²) in [5.74, 6) is 0.122.